The van der Waals surface area contributed by atoms with Crippen LogP contribution >= 0.6 is 11.3 Å². The Balaban J connectivity index is 2.18. The van der Waals surface area contributed by atoms with Crippen molar-refractivity contribution in [3.63, 3.8) is 0 Å². The van der Waals surface area contributed by atoms with Gasteiger partial charge in [-0.25, -0.2) is 4.79 Å². The summed E-state index contributed by atoms with van der Waals surface area (Å²) in [7, 11) is 0. The molecule has 1 aromatic heterocycles. The average molecular weight is 236 g/mol. The maximum absolute atomic E-state index is 11.2. The molecule has 2 nitrogen and oxygen atoms in total. The first-order chi connectivity index (χ1) is 7.77. The average Bonchev–Trinajstić information content (AvgIpc) is 2.80. The van der Waals surface area contributed by atoms with Crippen LogP contribution in [0.25, 0.3) is 5.57 Å². The molecule has 1 fully saturated rings. The molecule has 0 aromatic carbocycles. The molecule has 2 rings (SSSR count). The van der Waals surface area contributed by atoms with E-state index in [0.717, 1.165) is 17.7 Å². The number of allylic oxidation sites excluding steroid dienone is 1. The highest BCUT2D eigenvalue weighted by molar-refractivity contribution is 7.11. The van der Waals surface area contributed by atoms with Gasteiger partial charge >= 0.3 is 5.97 Å². The van der Waals surface area contributed by atoms with Gasteiger partial charge in [-0.05, 0) is 30.2 Å². The third-order valence-corrected chi connectivity index (χ3v) is 3.97. The van der Waals surface area contributed by atoms with E-state index in [0.29, 0.717) is 11.5 Å². The summed E-state index contributed by atoms with van der Waals surface area (Å²) in [4.78, 5) is 12.1. The molecular formula is C13H16O2S. The summed E-state index contributed by atoms with van der Waals surface area (Å²) in [5.41, 5.74) is 0.488. The third kappa shape index (κ3) is 2.73. The molecule has 16 heavy (non-hydrogen) atoms. The summed E-state index contributed by atoms with van der Waals surface area (Å²) in [6.07, 6.45) is 8.01. The van der Waals surface area contributed by atoms with Gasteiger partial charge in [0.2, 0.25) is 0 Å². The zero-order chi connectivity index (χ0) is 11.4. The summed E-state index contributed by atoms with van der Waals surface area (Å²) >= 11 is 1.50. The summed E-state index contributed by atoms with van der Waals surface area (Å²) in [6.45, 7) is 0. The maximum atomic E-state index is 11.2. The van der Waals surface area contributed by atoms with Crippen molar-refractivity contribution in [3.8, 4) is 0 Å². The first kappa shape index (κ1) is 11.4. The highest BCUT2D eigenvalue weighted by Crippen LogP contribution is 2.29. The second-order valence-corrected chi connectivity index (χ2v) is 5.21. The van der Waals surface area contributed by atoms with Crippen molar-refractivity contribution < 1.29 is 9.90 Å². The Morgan fingerprint density at radius 1 is 1.38 bits per heavy atom. The molecule has 86 valence electrons. The Bertz CT molecular complexity index is 373. The number of aliphatic carboxylic acids is 1. The van der Waals surface area contributed by atoms with Crippen LogP contribution in [-0.2, 0) is 4.79 Å². The molecule has 0 saturated heterocycles. The van der Waals surface area contributed by atoms with Gasteiger partial charge < -0.3 is 5.11 Å². The van der Waals surface area contributed by atoms with E-state index in [1.54, 1.807) is 0 Å². The number of carboxylic acids is 1. The molecule has 3 heteroatoms. The second-order valence-electron chi connectivity index (χ2n) is 4.26. The van der Waals surface area contributed by atoms with Crippen LogP contribution in [0.4, 0.5) is 0 Å². The lowest BCUT2D eigenvalue weighted by atomic mass is 9.87. The standard InChI is InChI=1S/C13H16O2S/c14-13(15)11(12-7-4-8-16-12)9-10-5-2-1-3-6-10/h4,7-10H,1-3,5-6H2,(H,14,15)/b11-9-. The van der Waals surface area contributed by atoms with Crippen LogP contribution in [-0.4, -0.2) is 11.1 Å². The number of hydrogen-bond acceptors (Lipinski definition) is 2. The Morgan fingerprint density at radius 3 is 2.69 bits per heavy atom. The van der Waals surface area contributed by atoms with Crippen LogP contribution in [0.1, 0.15) is 37.0 Å². The van der Waals surface area contributed by atoms with Crippen molar-refractivity contribution in [2.45, 2.75) is 32.1 Å². The van der Waals surface area contributed by atoms with Gasteiger partial charge in [-0.1, -0.05) is 31.4 Å². The summed E-state index contributed by atoms with van der Waals surface area (Å²) in [6, 6.07) is 3.78. The number of carbonyl (C=O) groups is 1. The normalized spacial score (nSPS) is 18.6. The minimum Gasteiger partial charge on any atom is -0.478 e. The molecule has 0 amide bonds. The highest BCUT2D eigenvalue weighted by Gasteiger charge is 2.16. The molecule has 0 aliphatic heterocycles. The van der Waals surface area contributed by atoms with Gasteiger partial charge in [0, 0.05) is 4.88 Å². The highest BCUT2D eigenvalue weighted by atomic mass is 32.1. The molecular weight excluding hydrogens is 220 g/mol. The fourth-order valence-corrected chi connectivity index (χ4v) is 2.97. The number of rotatable bonds is 3. The SMILES string of the molecule is O=C(O)/C(=C\C1CCCCC1)c1cccs1. The number of hydrogen-bond donors (Lipinski definition) is 1. The van der Waals surface area contributed by atoms with E-state index in [2.05, 4.69) is 0 Å². The molecule has 1 N–H and O–H groups in total. The molecule has 0 spiro atoms. The Morgan fingerprint density at radius 2 is 2.12 bits per heavy atom. The lowest BCUT2D eigenvalue weighted by Crippen LogP contribution is -2.06. The van der Waals surface area contributed by atoms with Crippen molar-refractivity contribution >= 4 is 22.9 Å². The number of thiophene rings is 1. The molecule has 0 atom stereocenters. The summed E-state index contributed by atoms with van der Waals surface area (Å²) in [5, 5.41) is 11.1. The fourth-order valence-electron chi connectivity index (χ4n) is 2.23. The Kier molecular flexibility index (Phi) is 3.78. The first-order valence-corrected chi connectivity index (χ1v) is 6.64. The lowest BCUT2D eigenvalue weighted by Gasteiger charge is -2.18. The van der Waals surface area contributed by atoms with E-state index in [-0.39, 0.29) is 0 Å². The zero-order valence-corrected chi connectivity index (χ0v) is 10.0. The van der Waals surface area contributed by atoms with Gasteiger partial charge in [0.05, 0.1) is 5.57 Å². The molecule has 1 aromatic rings. The van der Waals surface area contributed by atoms with Crippen molar-refractivity contribution in [1.82, 2.24) is 0 Å². The predicted octanol–water partition coefficient (Wildman–Crippen LogP) is 3.80. The topological polar surface area (TPSA) is 37.3 Å². The van der Waals surface area contributed by atoms with Crippen LogP contribution in [0.2, 0.25) is 0 Å². The van der Waals surface area contributed by atoms with E-state index in [1.165, 1.54) is 30.6 Å². The third-order valence-electron chi connectivity index (χ3n) is 3.07. The lowest BCUT2D eigenvalue weighted by molar-refractivity contribution is -0.130. The monoisotopic (exact) mass is 236 g/mol. The van der Waals surface area contributed by atoms with Crippen LogP contribution in [0.3, 0.4) is 0 Å². The molecule has 1 saturated carbocycles. The molecule has 1 aliphatic rings. The van der Waals surface area contributed by atoms with E-state index in [9.17, 15) is 9.90 Å². The molecule has 0 bridgehead atoms. The van der Waals surface area contributed by atoms with Gasteiger partial charge in [0.15, 0.2) is 0 Å². The van der Waals surface area contributed by atoms with Crippen molar-refractivity contribution in [1.29, 1.82) is 0 Å². The quantitative estimate of drug-likeness (QED) is 0.810. The van der Waals surface area contributed by atoms with Crippen molar-refractivity contribution in [3.05, 3.63) is 28.5 Å². The molecule has 0 unspecified atom stereocenters. The summed E-state index contributed by atoms with van der Waals surface area (Å²) < 4.78 is 0. The van der Waals surface area contributed by atoms with Crippen LogP contribution in [0, 0.1) is 5.92 Å². The van der Waals surface area contributed by atoms with Crippen LogP contribution < -0.4 is 0 Å². The van der Waals surface area contributed by atoms with Crippen LogP contribution in [0.15, 0.2) is 23.6 Å². The molecule has 0 radical (unpaired) electrons. The van der Waals surface area contributed by atoms with Crippen molar-refractivity contribution in [2.24, 2.45) is 5.92 Å². The molecule has 1 heterocycles. The Labute approximate surface area is 99.6 Å². The maximum Gasteiger partial charge on any atom is 0.336 e. The van der Waals surface area contributed by atoms with E-state index >= 15 is 0 Å². The fraction of sp³-hybridized carbons (Fsp3) is 0.462. The summed E-state index contributed by atoms with van der Waals surface area (Å²) in [5.74, 6) is -0.338. The minimum atomic E-state index is -0.798. The van der Waals surface area contributed by atoms with Crippen molar-refractivity contribution in [2.75, 3.05) is 0 Å². The van der Waals surface area contributed by atoms with Gasteiger partial charge in [-0.3, -0.25) is 0 Å². The van der Waals surface area contributed by atoms with Gasteiger partial charge in [-0.15, -0.1) is 11.3 Å². The van der Waals surface area contributed by atoms with Gasteiger partial charge in [0.1, 0.15) is 0 Å². The van der Waals surface area contributed by atoms with Crippen LogP contribution in [0.5, 0.6) is 0 Å². The predicted molar refractivity (Wildman–Crippen MR) is 66.5 cm³/mol. The van der Waals surface area contributed by atoms with Gasteiger partial charge in [0.25, 0.3) is 0 Å². The second kappa shape index (κ2) is 5.30. The van der Waals surface area contributed by atoms with Gasteiger partial charge in [-0.2, -0.15) is 0 Å². The van der Waals surface area contributed by atoms with E-state index in [1.807, 2.05) is 23.6 Å². The molecule has 1 aliphatic carbocycles. The van der Waals surface area contributed by atoms with E-state index in [4.69, 9.17) is 0 Å². The zero-order valence-electron chi connectivity index (χ0n) is 9.19. The Hall–Kier alpha value is -1.09. The first-order valence-electron chi connectivity index (χ1n) is 5.76. The van der Waals surface area contributed by atoms with E-state index < -0.39 is 5.97 Å². The minimum absolute atomic E-state index is 0.460. The largest absolute Gasteiger partial charge is 0.478 e. The smallest absolute Gasteiger partial charge is 0.336 e. The number of carboxylic acid groups (broad SMARTS) is 1.